The summed E-state index contributed by atoms with van der Waals surface area (Å²) < 4.78 is 0. The molecule has 3 N–H and O–H groups in total. The first kappa shape index (κ1) is 17.5. The Morgan fingerprint density at radius 2 is 1.91 bits per heavy atom. The number of hydrogen-bond donors (Lipinski definition) is 3. The number of benzene rings is 1. The van der Waals surface area contributed by atoms with Gasteiger partial charge >= 0.3 is 0 Å². The molecule has 0 unspecified atom stereocenters. The minimum atomic E-state index is -0.842. The van der Waals surface area contributed by atoms with Crippen molar-refractivity contribution in [3.8, 4) is 0 Å². The van der Waals surface area contributed by atoms with Crippen molar-refractivity contribution in [1.82, 2.24) is 10.6 Å². The Morgan fingerprint density at radius 3 is 2.61 bits per heavy atom. The van der Waals surface area contributed by atoms with Crippen LogP contribution in [0.15, 0.2) is 24.3 Å². The van der Waals surface area contributed by atoms with Gasteiger partial charge in [-0.2, -0.15) is 0 Å². The van der Waals surface area contributed by atoms with Gasteiger partial charge in [0.25, 0.3) is 5.91 Å². The zero-order valence-electron chi connectivity index (χ0n) is 13.7. The molecule has 0 saturated heterocycles. The monoisotopic (exact) mass is 318 g/mol. The van der Waals surface area contributed by atoms with Crippen LogP contribution < -0.4 is 10.6 Å². The third-order valence-corrected chi connectivity index (χ3v) is 4.29. The summed E-state index contributed by atoms with van der Waals surface area (Å²) in [6, 6.07) is 7.21. The van der Waals surface area contributed by atoms with E-state index in [1.54, 1.807) is 18.2 Å². The van der Waals surface area contributed by atoms with Gasteiger partial charge in [0.1, 0.15) is 0 Å². The Morgan fingerprint density at radius 1 is 1.17 bits per heavy atom. The van der Waals surface area contributed by atoms with E-state index in [1.807, 2.05) is 13.0 Å². The molecule has 2 rings (SSSR count). The first-order valence-corrected chi connectivity index (χ1v) is 8.39. The number of carbonyl (C=O) groups is 2. The molecule has 126 valence electrons. The van der Waals surface area contributed by atoms with E-state index in [-0.39, 0.29) is 18.2 Å². The summed E-state index contributed by atoms with van der Waals surface area (Å²) in [6.07, 6.45) is 4.66. The number of rotatable bonds is 6. The molecule has 1 fully saturated rings. The number of nitrogens with one attached hydrogen (secondary N) is 2. The summed E-state index contributed by atoms with van der Waals surface area (Å²) in [4.78, 5) is 23.9. The Kier molecular flexibility index (Phi) is 6.16. The van der Waals surface area contributed by atoms with Gasteiger partial charge in [-0.05, 0) is 37.5 Å². The van der Waals surface area contributed by atoms with E-state index in [9.17, 15) is 14.7 Å². The molecule has 0 aromatic heterocycles. The molecule has 23 heavy (non-hydrogen) atoms. The zero-order chi connectivity index (χ0) is 16.7. The van der Waals surface area contributed by atoms with E-state index < -0.39 is 5.60 Å². The third kappa shape index (κ3) is 5.36. The van der Waals surface area contributed by atoms with Crippen molar-refractivity contribution in [1.29, 1.82) is 0 Å². The molecule has 0 radical (unpaired) electrons. The predicted octanol–water partition coefficient (Wildman–Crippen LogP) is 2.14. The van der Waals surface area contributed by atoms with Gasteiger partial charge in [0.15, 0.2) is 0 Å². The highest BCUT2D eigenvalue weighted by Gasteiger charge is 2.31. The smallest absolute Gasteiger partial charge is 0.251 e. The third-order valence-electron chi connectivity index (χ3n) is 4.29. The highest BCUT2D eigenvalue weighted by Crippen LogP contribution is 2.30. The lowest BCUT2D eigenvalue weighted by atomic mass is 9.82. The molecule has 2 amide bonds. The van der Waals surface area contributed by atoms with Crippen molar-refractivity contribution in [2.24, 2.45) is 0 Å². The standard InChI is InChI=1S/C18H26N2O3/c1-2-19-17(22)15-8-6-7-14(11-15)13-20-16(21)12-18(23)9-4-3-5-10-18/h6-8,11,23H,2-5,9-10,12-13H2,1H3,(H,19,22)(H,20,21). The van der Waals surface area contributed by atoms with Crippen molar-refractivity contribution < 1.29 is 14.7 Å². The lowest BCUT2D eigenvalue weighted by molar-refractivity contribution is -0.127. The normalized spacial score (nSPS) is 16.6. The molecule has 0 bridgehead atoms. The molecule has 0 heterocycles. The second kappa shape index (κ2) is 8.11. The second-order valence-electron chi connectivity index (χ2n) is 6.30. The van der Waals surface area contributed by atoms with Crippen molar-refractivity contribution in [2.75, 3.05) is 6.54 Å². The van der Waals surface area contributed by atoms with Crippen LogP contribution in [0, 0.1) is 0 Å². The van der Waals surface area contributed by atoms with Crippen LogP contribution in [0.25, 0.3) is 0 Å². The van der Waals surface area contributed by atoms with Gasteiger partial charge in [0.2, 0.25) is 5.91 Å². The first-order valence-electron chi connectivity index (χ1n) is 8.39. The van der Waals surface area contributed by atoms with Crippen molar-refractivity contribution >= 4 is 11.8 Å². The summed E-state index contributed by atoms with van der Waals surface area (Å²) in [7, 11) is 0. The fourth-order valence-corrected chi connectivity index (χ4v) is 3.03. The van der Waals surface area contributed by atoms with Gasteiger partial charge in [-0.3, -0.25) is 9.59 Å². The molecule has 5 nitrogen and oxygen atoms in total. The SMILES string of the molecule is CCNC(=O)c1cccc(CNC(=O)CC2(O)CCCCC2)c1. The van der Waals surface area contributed by atoms with Gasteiger partial charge < -0.3 is 15.7 Å². The van der Waals surface area contributed by atoms with E-state index in [0.717, 1.165) is 24.8 Å². The molecule has 1 aromatic carbocycles. The van der Waals surface area contributed by atoms with Gasteiger partial charge in [-0.15, -0.1) is 0 Å². The number of carbonyl (C=O) groups excluding carboxylic acids is 2. The van der Waals surface area contributed by atoms with Crippen molar-refractivity contribution in [2.45, 2.75) is 57.6 Å². The quantitative estimate of drug-likeness (QED) is 0.752. The Labute approximate surface area is 137 Å². The number of hydrogen-bond acceptors (Lipinski definition) is 3. The molecular weight excluding hydrogens is 292 g/mol. The topological polar surface area (TPSA) is 78.4 Å². The molecular formula is C18H26N2O3. The Bertz CT molecular complexity index is 551. The van der Waals surface area contributed by atoms with Crippen molar-refractivity contribution in [3.05, 3.63) is 35.4 Å². The largest absolute Gasteiger partial charge is 0.389 e. The van der Waals surface area contributed by atoms with Crippen LogP contribution >= 0.6 is 0 Å². The minimum Gasteiger partial charge on any atom is -0.389 e. The maximum Gasteiger partial charge on any atom is 0.251 e. The second-order valence-corrected chi connectivity index (χ2v) is 6.30. The maximum atomic E-state index is 12.1. The summed E-state index contributed by atoms with van der Waals surface area (Å²) in [6.45, 7) is 2.82. The lowest BCUT2D eigenvalue weighted by Crippen LogP contribution is -2.38. The molecule has 1 aliphatic carbocycles. The fourth-order valence-electron chi connectivity index (χ4n) is 3.03. The number of amides is 2. The van der Waals surface area contributed by atoms with E-state index in [0.29, 0.717) is 31.5 Å². The zero-order valence-corrected chi connectivity index (χ0v) is 13.7. The molecule has 0 aliphatic heterocycles. The summed E-state index contributed by atoms with van der Waals surface area (Å²) in [5.74, 6) is -0.255. The van der Waals surface area contributed by atoms with E-state index in [4.69, 9.17) is 0 Å². The minimum absolute atomic E-state index is 0.114. The molecule has 0 spiro atoms. The average Bonchev–Trinajstić information content (AvgIpc) is 2.54. The van der Waals surface area contributed by atoms with Crippen LogP contribution in [0.4, 0.5) is 0 Å². The highest BCUT2D eigenvalue weighted by atomic mass is 16.3. The van der Waals surface area contributed by atoms with E-state index in [2.05, 4.69) is 10.6 Å². The summed E-state index contributed by atoms with van der Waals surface area (Å²) in [5, 5.41) is 16.0. The van der Waals surface area contributed by atoms with Crippen LogP contribution in [0.5, 0.6) is 0 Å². The summed E-state index contributed by atoms with van der Waals surface area (Å²) >= 11 is 0. The van der Waals surface area contributed by atoms with Gasteiger partial charge in [-0.25, -0.2) is 0 Å². The van der Waals surface area contributed by atoms with Crippen molar-refractivity contribution in [3.63, 3.8) is 0 Å². The van der Waals surface area contributed by atoms with Gasteiger partial charge in [0, 0.05) is 18.7 Å². The van der Waals surface area contributed by atoms with Crippen LogP contribution in [-0.2, 0) is 11.3 Å². The van der Waals surface area contributed by atoms with Crippen LogP contribution in [0.1, 0.15) is 61.4 Å². The van der Waals surface area contributed by atoms with Gasteiger partial charge in [-0.1, -0.05) is 31.4 Å². The fraction of sp³-hybridized carbons (Fsp3) is 0.556. The summed E-state index contributed by atoms with van der Waals surface area (Å²) in [5.41, 5.74) is 0.618. The predicted molar refractivity (Wildman–Crippen MR) is 88.9 cm³/mol. The van der Waals surface area contributed by atoms with E-state index >= 15 is 0 Å². The van der Waals surface area contributed by atoms with E-state index in [1.165, 1.54) is 0 Å². The Hall–Kier alpha value is -1.88. The average molecular weight is 318 g/mol. The molecule has 1 aliphatic rings. The first-order chi connectivity index (χ1) is 11.0. The molecule has 0 atom stereocenters. The number of aliphatic hydroxyl groups is 1. The molecule has 1 aromatic rings. The molecule has 5 heteroatoms. The van der Waals surface area contributed by atoms with Gasteiger partial charge in [0.05, 0.1) is 12.0 Å². The highest BCUT2D eigenvalue weighted by molar-refractivity contribution is 5.94. The van der Waals surface area contributed by atoms with Crippen LogP contribution in [-0.4, -0.2) is 29.1 Å². The van der Waals surface area contributed by atoms with Crippen LogP contribution in [0.2, 0.25) is 0 Å². The molecule has 1 saturated carbocycles. The maximum absolute atomic E-state index is 12.1. The lowest BCUT2D eigenvalue weighted by Gasteiger charge is -2.31. The Balaban J connectivity index is 1.86. The van der Waals surface area contributed by atoms with Crippen LogP contribution in [0.3, 0.4) is 0 Å².